The minimum Gasteiger partial charge on any atom is -0.396 e. The fourth-order valence-electron chi connectivity index (χ4n) is 3.45. The van der Waals surface area contributed by atoms with Gasteiger partial charge in [-0.15, -0.1) is 0 Å². The minimum absolute atomic E-state index is 0.0236. The molecule has 1 saturated heterocycles. The van der Waals surface area contributed by atoms with Crippen molar-refractivity contribution in [1.29, 1.82) is 0 Å². The molecule has 1 heterocycles. The molecular formula is C19H32O7. The van der Waals surface area contributed by atoms with E-state index in [1.54, 1.807) is 13.8 Å². The van der Waals surface area contributed by atoms with E-state index in [0.29, 0.717) is 0 Å². The summed E-state index contributed by atoms with van der Waals surface area (Å²) in [6, 6.07) is 0. The van der Waals surface area contributed by atoms with E-state index in [2.05, 4.69) is 0 Å². The Bertz CT molecular complexity index is 518. The largest absolute Gasteiger partial charge is 0.396 e. The number of epoxide rings is 1. The molecule has 7 atom stereocenters. The van der Waals surface area contributed by atoms with Gasteiger partial charge in [-0.05, 0) is 13.8 Å². The molecule has 0 aliphatic carbocycles. The van der Waals surface area contributed by atoms with E-state index in [-0.39, 0.29) is 30.6 Å². The van der Waals surface area contributed by atoms with Crippen molar-refractivity contribution in [3.8, 4) is 0 Å². The van der Waals surface area contributed by atoms with Crippen molar-refractivity contribution in [3.05, 3.63) is 12.2 Å². The third kappa shape index (κ3) is 4.98. The molecule has 0 spiro atoms. The molecule has 0 bridgehead atoms. The van der Waals surface area contributed by atoms with E-state index in [1.165, 1.54) is 0 Å². The quantitative estimate of drug-likeness (QED) is 0.285. The van der Waals surface area contributed by atoms with Crippen LogP contribution in [-0.4, -0.2) is 69.1 Å². The van der Waals surface area contributed by atoms with Crippen LogP contribution in [0, 0.1) is 17.8 Å². The van der Waals surface area contributed by atoms with Gasteiger partial charge < -0.3 is 25.2 Å². The van der Waals surface area contributed by atoms with Crippen LogP contribution in [0.4, 0.5) is 0 Å². The summed E-state index contributed by atoms with van der Waals surface area (Å²) in [5, 5.41) is 40.0. The molecule has 150 valence electrons. The zero-order chi connectivity index (χ0) is 20.1. The van der Waals surface area contributed by atoms with Gasteiger partial charge in [-0.25, -0.2) is 0 Å². The maximum atomic E-state index is 12.7. The van der Waals surface area contributed by atoms with Crippen molar-refractivity contribution in [1.82, 2.24) is 0 Å². The molecule has 1 unspecified atom stereocenters. The van der Waals surface area contributed by atoms with Crippen LogP contribution in [-0.2, 0) is 14.3 Å². The maximum Gasteiger partial charge on any atom is 0.148 e. The summed E-state index contributed by atoms with van der Waals surface area (Å²) in [6.45, 7) is 5.79. The molecule has 0 saturated carbocycles. The molecule has 0 aromatic heterocycles. The van der Waals surface area contributed by atoms with Gasteiger partial charge in [0.2, 0.25) is 0 Å². The molecule has 26 heavy (non-hydrogen) atoms. The van der Waals surface area contributed by atoms with Crippen molar-refractivity contribution in [2.45, 2.75) is 64.4 Å². The second-order valence-corrected chi connectivity index (χ2v) is 7.20. The van der Waals surface area contributed by atoms with Crippen LogP contribution in [0.1, 0.15) is 40.5 Å². The SMILES string of the molecule is C/C=C\[C@H](C)[C@H]1O[C@@]1(C)[C@@H](O)[C@@H](CO)C(=O)[C@H](CO)C(O)CC(=O)CC. The van der Waals surface area contributed by atoms with Crippen LogP contribution in [0.15, 0.2) is 12.2 Å². The monoisotopic (exact) mass is 372 g/mol. The highest BCUT2D eigenvalue weighted by molar-refractivity contribution is 5.86. The van der Waals surface area contributed by atoms with Gasteiger partial charge >= 0.3 is 0 Å². The second kappa shape index (κ2) is 9.71. The molecule has 1 aliphatic rings. The standard InChI is InChI=1S/C19H32O7/c1-5-7-11(3)18-19(4,26-18)17(25)14(10-21)16(24)13(9-20)15(23)8-12(22)6-2/h5,7,11,13-15,17-18,20-21,23,25H,6,8-10H2,1-4H3/b7-5-/t11-,13+,14-,15?,17-,18+,19-/m0/s1. The number of allylic oxidation sites excluding steroid dienone is 1. The first-order valence-electron chi connectivity index (χ1n) is 9.11. The molecule has 7 heteroatoms. The van der Waals surface area contributed by atoms with Crippen molar-refractivity contribution in [3.63, 3.8) is 0 Å². The number of carbonyl (C=O) groups excluding carboxylic acids is 2. The Morgan fingerprint density at radius 3 is 2.23 bits per heavy atom. The van der Waals surface area contributed by atoms with Gasteiger partial charge in [0.1, 0.15) is 17.2 Å². The third-order valence-electron chi connectivity index (χ3n) is 5.25. The van der Waals surface area contributed by atoms with Crippen molar-refractivity contribution in [2.75, 3.05) is 13.2 Å². The summed E-state index contributed by atoms with van der Waals surface area (Å²) in [6.07, 6.45) is 0.816. The number of aliphatic hydroxyl groups excluding tert-OH is 4. The molecule has 0 aromatic rings. The van der Waals surface area contributed by atoms with Crippen LogP contribution in [0.5, 0.6) is 0 Å². The first-order valence-corrected chi connectivity index (χ1v) is 9.11. The summed E-state index contributed by atoms with van der Waals surface area (Å²) in [4.78, 5) is 24.2. The van der Waals surface area contributed by atoms with Crippen LogP contribution in [0.2, 0.25) is 0 Å². The molecule has 0 aromatic carbocycles. The van der Waals surface area contributed by atoms with E-state index in [4.69, 9.17) is 4.74 Å². The van der Waals surface area contributed by atoms with Gasteiger partial charge in [-0.2, -0.15) is 0 Å². The number of ether oxygens (including phenoxy) is 1. The van der Waals surface area contributed by atoms with E-state index < -0.39 is 48.6 Å². The summed E-state index contributed by atoms with van der Waals surface area (Å²) < 4.78 is 5.63. The Kier molecular flexibility index (Phi) is 8.56. The number of hydrogen-bond acceptors (Lipinski definition) is 7. The summed E-state index contributed by atoms with van der Waals surface area (Å²) >= 11 is 0. The van der Waals surface area contributed by atoms with Gasteiger partial charge in [0.05, 0.1) is 43.4 Å². The molecule has 1 aliphatic heterocycles. The Labute approximate surface area is 154 Å². The van der Waals surface area contributed by atoms with E-state index in [0.717, 1.165) is 0 Å². The second-order valence-electron chi connectivity index (χ2n) is 7.20. The molecule has 1 rings (SSSR count). The average molecular weight is 372 g/mol. The first-order chi connectivity index (χ1) is 12.2. The lowest BCUT2D eigenvalue weighted by Gasteiger charge is -2.28. The summed E-state index contributed by atoms with van der Waals surface area (Å²) in [7, 11) is 0. The van der Waals surface area contributed by atoms with Crippen LogP contribution in [0.3, 0.4) is 0 Å². The number of ketones is 2. The van der Waals surface area contributed by atoms with Crippen molar-refractivity contribution in [2.24, 2.45) is 17.8 Å². The molecule has 1 fully saturated rings. The lowest BCUT2D eigenvalue weighted by Crippen LogP contribution is -2.47. The predicted octanol–water partition coefficient (Wildman–Crippen LogP) is 0.233. The van der Waals surface area contributed by atoms with Crippen LogP contribution in [0.25, 0.3) is 0 Å². The number of Topliss-reactive ketones (excluding diaryl/α,β-unsaturated/α-hetero) is 2. The Morgan fingerprint density at radius 1 is 1.19 bits per heavy atom. The zero-order valence-corrected chi connectivity index (χ0v) is 16.0. The third-order valence-corrected chi connectivity index (χ3v) is 5.25. The number of rotatable bonds is 12. The van der Waals surface area contributed by atoms with E-state index in [9.17, 15) is 30.0 Å². The Hall–Kier alpha value is -1.12. The normalized spacial score (nSPS) is 28.4. The molecular weight excluding hydrogens is 340 g/mol. The molecule has 0 radical (unpaired) electrons. The Morgan fingerprint density at radius 2 is 1.77 bits per heavy atom. The van der Waals surface area contributed by atoms with Crippen LogP contribution >= 0.6 is 0 Å². The zero-order valence-electron chi connectivity index (χ0n) is 16.0. The average Bonchev–Trinajstić information content (AvgIpc) is 3.29. The highest BCUT2D eigenvalue weighted by Gasteiger charge is 2.61. The minimum atomic E-state index is -1.35. The molecule has 4 N–H and O–H groups in total. The summed E-state index contributed by atoms with van der Waals surface area (Å²) in [5.74, 6) is -3.34. The van der Waals surface area contributed by atoms with Gasteiger partial charge in [0.15, 0.2) is 0 Å². The maximum absolute atomic E-state index is 12.7. The molecule has 7 nitrogen and oxygen atoms in total. The smallest absolute Gasteiger partial charge is 0.148 e. The summed E-state index contributed by atoms with van der Waals surface area (Å²) in [5.41, 5.74) is -0.994. The highest BCUT2D eigenvalue weighted by Crippen LogP contribution is 2.46. The lowest BCUT2D eigenvalue weighted by molar-refractivity contribution is -0.140. The number of carbonyl (C=O) groups is 2. The van der Waals surface area contributed by atoms with Crippen LogP contribution < -0.4 is 0 Å². The van der Waals surface area contributed by atoms with Gasteiger partial charge in [-0.3, -0.25) is 9.59 Å². The lowest BCUT2D eigenvalue weighted by atomic mass is 9.79. The number of aliphatic hydroxyl groups is 4. The first kappa shape index (κ1) is 22.9. The van der Waals surface area contributed by atoms with E-state index in [1.807, 2.05) is 26.0 Å². The van der Waals surface area contributed by atoms with Crippen molar-refractivity contribution >= 4 is 11.6 Å². The highest BCUT2D eigenvalue weighted by atomic mass is 16.6. The van der Waals surface area contributed by atoms with Gasteiger partial charge in [-0.1, -0.05) is 26.0 Å². The Balaban J connectivity index is 2.88. The van der Waals surface area contributed by atoms with Gasteiger partial charge in [0, 0.05) is 18.8 Å². The number of hydrogen-bond donors (Lipinski definition) is 4. The fourth-order valence-corrected chi connectivity index (χ4v) is 3.45. The molecule has 0 amide bonds. The van der Waals surface area contributed by atoms with E-state index >= 15 is 0 Å². The predicted molar refractivity (Wildman–Crippen MR) is 95.3 cm³/mol. The van der Waals surface area contributed by atoms with Gasteiger partial charge in [0.25, 0.3) is 0 Å². The van der Waals surface area contributed by atoms with Crippen molar-refractivity contribution < 1.29 is 34.8 Å². The fraction of sp³-hybridized carbons (Fsp3) is 0.789. The topological polar surface area (TPSA) is 128 Å².